The summed E-state index contributed by atoms with van der Waals surface area (Å²) in [6.45, 7) is 1.12. The second-order valence-electron chi connectivity index (χ2n) is 3.99. The maximum atomic E-state index is 4.36. The average Bonchev–Trinajstić information content (AvgIpc) is 2.99. The van der Waals surface area contributed by atoms with Crippen molar-refractivity contribution in [3.05, 3.63) is 22.8 Å². The van der Waals surface area contributed by atoms with E-state index in [0.29, 0.717) is 0 Å². The van der Waals surface area contributed by atoms with E-state index in [1.54, 1.807) is 0 Å². The van der Waals surface area contributed by atoms with Crippen molar-refractivity contribution in [1.29, 1.82) is 0 Å². The van der Waals surface area contributed by atoms with Crippen molar-refractivity contribution in [1.82, 2.24) is 4.98 Å². The third-order valence-corrected chi connectivity index (χ3v) is 3.14. The Hall–Kier alpha value is -0.570. The number of nitrogens with zero attached hydrogens (tertiary/aromatic N) is 2. The highest BCUT2D eigenvalue weighted by molar-refractivity contribution is 9.10. The van der Waals surface area contributed by atoms with Crippen LogP contribution in [0.4, 0.5) is 5.82 Å². The van der Waals surface area contributed by atoms with Gasteiger partial charge in [0.05, 0.1) is 0 Å². The highest BCUT2D eigenvalue weighted by Gasteiger charge is 2.21. The molecule has 0 atom stereocenters. The molecule has 1 saturated carbocycles. The van der Waals surface area contributed by atoms with Gasteiger partial charge in [-0.1, -0.05) is 12.8 Å². The van der Waals surface area contributed by atoms with Crippen molar-refractivity contribution < 1.29 is 0 Å². The smallest absolute Gasteiger partial charge is 0.128 e. The summed E-state index contributed by atoms with van der Waals surface area (Å²) in [5.74, 6) is 2.06. The number of halogens is 1. The number of pyridine rings is 1. The van der Waals surface area contributed by atoms with E-state index in [9.17, 15) is 0 Å². The Balaban J connectivity index is 1.88. The predicted octanol–water partition coefficient (Wildman–Crippen LogP) is 3.08. The number of hydrogen-bond donors (Lipinski definition) is 0. The van der Waals surface area contributed by atoms with Gasteiger partial charge in [-0.15, -0.1) is 0 Å². The van der Waals surface area contributed by atoms with Gasteiger partial charge in [-0.3, -0.25) is 0 Å². The molecule has 0 aliphatic heterocycles. The lowest BCUT2D eigenvalue weighted by atomic mass is 10.3. The lowest BCUT2D eigenvalue weighted by molar-refractivity contribution is 0.706. The molecule has 1 aliphatic carbocycles. The van der Waals surface area contributed by atoms with Crippen LogP contribution in [-0.4, -0.2) is 18.6 Å². The third kappa shape index (κ3) is 2.71. The zero-order valence-corrected chi connectivity index (χ0v) is 10.00. The fraction of sp³-hybridized carbons (Fsp3) is 0.545. The van der Waals surface area contributed by atoms with Gasteiger partial charge in [-0.25, -0.2) is 4.98 Å². The summed E-state index contributed by atoms with van der Waals surface area (Å²) in [6.07, 6.45) is 6.03. The maximum Gasteiger partial charge on any atom is 0.128 e. The highest BCUT2D eigenvalue weighted by Crippen LogP contribution is 2.32. The molecule has 1 aliphatic rings. The van der Waals surface area contributed by atoms with Gasteiger partial charge in [0.2, 0.25) is 0 Å². The van der Waals surface area contributed by atoms with Crippen LogP contribution < -0.4 is 4.90 Å². The molecule has 0 saturated heterocycles. The van der Waals surface area contributed by atoms with Crippen LogP contribution in [-0.2, 0) is 0 Å². The first kappa shape index (κ1) is 9.97. The van der Waals surface area contributed by atoms with Crippen molar-refractivity contribution >= 4 is 21.7 Å². The number of rotatable bonds is 4. The Morgan fingerprint density at radius 3 is 2.86 bits per heavy atom. The first-order valence-electron chi connectivity index (χ1n) is 5.08. The van der Waals surface area contributed by atoms with Crippen LogP contribution in [0.1, 0.15) is 19.3 Å². The fourth-order valence-electron chi connectivity index (χ4n) is 1.49. The zero-order chi connectivity index (χ0) is 9.97. The van der Waals surface area contributed by atoms with Crippen LogP contribution in [0.2, 0.25) is 0 Å². The molecular formula is C11H15BrN2. The summed E-state index contributed by atoms with van der Waals surface area (Å²) < 4.78 is 1.04. The predicted molar refractivity (Wildman–Crippen MR) is 62.5 cm³/mol. The van der Waals surface area contributed by atoms with Gasteiger partial charge in [0.15, 0.2) is 0 Å². The summed E-state index contributed by atoms with van der Waals surface area (Å²) >= 11 is 3.39. The van der Waals surface area contributed by atoms with Gasteiger partial charge in [-0.05, 0) is 40.4 Å². The van der Waals surface area contributed by atoms with Crippen LogP contribution in [0.3, 0.4) is 0 Å². The Bertz CT molecular complexity index is 293. The van der Waals surface area contributed by atoms with Gasteiger partial charge in [0, 0.05) is 24.3 Å². The lowest BCUT2D eigenvalue weighted by Crippen LogP contribution is -2.19. The van der Waals surface area contributed by atoms with Crippen LogP contribution in [0.15, 0.2) is 22.8 Å². The number of aromatic nitrogens is 1. The Morgan fingerprint density at radius 1 is 1.50 bits per heavy atom. The van der Waals surface area contributed by atoms with E-state index >= 15 is 0 Å². The Labute approximate surface area is 93.5 Å². The van der Waals surface area contributed by atoms with E-state index in [-0.39, 0.29) is 0 Å². The molecule has 0 spiro atoms. The minimum Gasteiger partial charge on any atom is -0.360 e. The molecular weight excluding hydrogens is 240 g/mol. The van der Waals surface area contributed by atoms with E-state index in [0.717, 1.165) is 22.8 Å². The SMILES string of the molecule is CN(CCC1CC1)c1ccc(Br)cn1. The molecule has 1 fully saturated rings. The van der Waals surface area contributed by atoms with E-state index in [1.165, 1.54) is 19.3 Å². The summed E-state index contributed by atoms with van der Waals surface area (Å²) in [6, 6.07) is 4.09. The van der Waals surface area contributed by atoms with Crippen molar-refractivity contribution in [2.24, 2.45) is 5.92 Å². The van der Waals surface area contributed by atoms with Crippen LogP contribution in [0.5, 0.6) is 0 Å². The Kier molecular flexibility index (Phi) is 3.06. The minimum atomic E-state index is 0.993. The van der Waals surface area contributed by atoms with Crippen molar-refractivity contribution in [2.75, 3.05) is 18.5 Å². The first-order chi connectivity index (χ1) is 6.75. The summed E-state index contributed by atoms with van der Waals surface area (Å²) in [5, 5.41) is 0. The van der Waals surface area contributed by atoms with E-state index in [1.807, 2.05) is 12.3 Å². The molecule has 3 heteroatoms. The quantitative estimate of drug-likeness (QED) is 0.821. The molecule has 0 unspecified atom stereocenters. The van der Waals surface area contributed by atoms with Gasteiger partial charge in [0.1, 0.15) is 5.82 Å². The molecule has 0 aromatic carbocycles. The molecule has 14 heavy (non-hydrogen) atoms. The summed E-state index contributed by atoms with van der Waals surface area (Å²) in [7, 11) is 2.11. The second-order valence-corrected chi connectivity index (χ2v) is 4.90. The van der Waals surface area contributed by atoms with Gasteiger partial charge < -0.3 is 4.90 Å². The van der Waals surface area contributed by atoms with Gasteiger partial charge >= 0.3 is 0 Å². The Morgan fingerprint density at radius 2 is 2.29 bits per heavy atom. The van der Waals surface area contributed by atoms with Crippen LogP contribution in [0, 0.1) is 5.92 Å². The molecule has 1 heterocycles. The summed E-state index contributed by atoms with van der Waals surface area (Å²) in [4.78, 5) is 6.58. The second kappa shape index (κ2) is 4.30. The van der Waals surface area contributed by atoms with Crippen molar-refractivity contribution in [2.45, 2.75) is 19.3 Å². The van der Waals surface area contributed by atoms with Gasteiger partial charge in [0.25, 0.3) is 0 Å². The largest absolute Gasteiger partial charge is 0.360 e. The molecule has 1 aromatic rings. The fourth-order valence-corrected chi connectivity index (χ4v) is 1.73. The van der Waals surface area contributed by atoms with Crippen LogP contribution in [0.25, 0.3) is 0 Å². The molecule has 0 radical (unpaired) electrons. The molecule has 2 rings (SSSR count). The number of anilines is 1. The average molecular weight is 255 g/mol. The minimum absolute atomic E-state index is 0.993. The highest BCUT2D eigenvalue weighted by atomic mass is 79.9. The normalized spacial score (nSPS) is 15.6. The standard InChI is InChI=1S/C11H15BrN2/c1-14(7-6-9-2-3-9)11-5-4-10(12)8-13-11/h4-5,8-9H,2-3,6-7H2,1H3. The topological polar surface area (TPSA) is 16.1 Å². The molecule has 0 N–H and O–H groups in total. The van der Waals surface area contributed by atoms with Crippen molar-refractivity contribution in [3.63, 3.8) is 0 Å². The molecule has 0 amide bonds. The zero-order valence-electron chi connectivity index (χ0n) is 8.41. The van der Waals surface area contributed by atoms with Crippen LogP contribution >= 0.6 is 15.9 Å². The third-order valence-electron chi connectivity index (χ3n) is 2.67. The molecule has 0 bridgehead atoms. The lowest BCUT2D eigenvalue weighted by Gasteiger charge is -2.17. The van der Waals surface area contributed by atoms with E-state index < -0.39 is 0 Å². The molecule has 1 aromatic heterocycles. The van der Waals surface area contributed by atoms with Crippen molar-refractivity contribution in [3.8, 4) is 0 Å². The van der Waals surface area contributed by atoms with Gasteiger partial charge in [-0.2, -0.15) is 0 Å². The monoisotopic (exact) mass is 254 g/mol. The van der Waals surface area contributed by atoms with E-state index in [2.05, 4.69) is 38.9 Å². The maximum absolute atomic E-state index is 4.36. The first-order valence-corrected chi connectivity index (χ1v) is 5.87. The molecule has 2 nitrogen and oxygen atoms in total. The molecule has 76 valence electrons. The number of hydrogen-bond acceptors (Lipinski definition) is 2. The summed E-state index contributed by atoms with van der Waals surface area (Å²) in [5.41, 5.74) is 0. The van der Waals surface area contributed by atoms with E-state index in [4.69, 9.17) is 0 Å².